The summed E-state index contributed by atoms with van der Waals surface area (Å²) in [6, 6.07) is 7.45. The van der Waals surface area contributed by atoms with Crippen molar-refractivity contribution in [2.75, 3.05) is 33.7 Å². The van der Waals surface area contributed by atoms with Crippen molar-refractivity contribution in [3.8, 4) is 6.07 Å². The van der Waals surface area contributed by atoms with Gasteiger partial charge in [-0.05, 0) is 64.7 Å². The lowest BCUT2D eigenvalue weighted by molar-refractivity contribution is -0.141. The minimum absolute atomic E-state index is 0.0169. The first kappa shape index (κ1) is 29.3. The highest BCUT2D eigenvalue weighted by atomic mass is 16.6. The molecule has 11 heteroatoms. The number of alkyl carbamates (subject to hydrolysis) is 1. The van der Waals surface area contributed by atoms with E-state index in [2.05, 4.69) is 11.4 Å². The van der Waals surface area contributed by atoms with Gasteiger partial charge in [0.15, 0.2) is 0 Å². The SMILES string of the molecule is C[C@@H](c1ccc(C(=O)N(C)C)cc1)N1C(=O)[C@H]2C[C@@H]1CN2C[C@H](NC(=O)OC(C)(C)C)C(=O)N1CCC[C@H]1C#N. The molecule has 0 radical (unpaired) electrons. The van der Waals surface area contributed by atoms with E-state index in [1.54, 1.807) is 47.0 Å². The number of hydrogen-bond donors (Lipinski definition) is 1. The van der Waals surface area contributed by atoms with Gasteiger partial charge in [0.1, 0.15) is 17.7 Å². The molecule has 3 aliphatic rings. The fraction of sp³-hybridized carbons (Fsp3) is 0.621. The molecule has 0 unspecified atom stereocenters. The van der Waals surface area contributed by atoms with Gasteiger partial charge in [0.25, 0.3) is 5.91 Å². The van der Waals surface area contributed by atoms with E-state index in [0.717, 1.165) is 12.0 Å². The highest BCUT2D eigenvalue weighted by Gasteiger charge is 2.52. The Morgan fingerprint density at radius 1 is 1.20 bits per heavy atom. The fourth-order valence-corrected chi connectivity index (χ4v) is 5.96. The number of piperazine rings is 1. The maximum Gasteiger partial charge on any atom is 0.408 e. The first-order valence-electron chi connectivity index (χ1n) is 13.9. The number of likely N-dealkylation sites (tertiary alicyclic amines) is 3. The first-order chi connectivity index (χ1) is 18.8. The van der Waals surface area contributed by atoms with E-state index in [1.165, 1.54) is 9.80 Å². The minimum Gasteiger partial charge on any atom is -0.444 e. The second kappa shape index (κ2) is 11.5. The first-order valence-corrected chi connectivity index (χ1v) is 13.9. The predicted molar refractivity (Wildman–Crippen MR) is 147 cm³/mol. The molecule has 5 atom stereocenters. The van der Waals surface area contributed by atoms with Gasteiger partial charge in [0.2, 0.25) is 11.8 Å². The Morgan fingerprint density at radius 2 is 1.88 bits per heavy atom. The maximum atomic E-state index is 13.5. The van der Waals surface area contributed by atoms with Crippen molar-refractivity contribution in [1.82, 2.24) is 24.9 Å². The molecule has 4 amide bonds. The Kier molecular flexibility index (Phi) is 8.40. The van der Waals surface area contributed by atoms with Gasteiger partial charge in [0.05, 0.1) is 18.2 Å². The van der Waals surface area contributed by atoms with Crippen LogP contribution in [0.3, 0.4) is 0 Å². The highest BCUT2D eigenvalue weighted by Crippen LogP contribution is 2.38. The average Bonchev–Trinajstić information content (AvgIpc) is 3.60. The zero-order valence-corrected chi connectivity index (χ0v) is 24.2. The molecule has 0 aromatic heterocycles. The molecule has 1 N–H and O–H groups in total. The van der Waals surface area contributed by atoms with Crippen LogP contribution in [0.25, 0.3) is 0 Å². The van der Waals surface area contributed by atoms with Gasteiger partial charge in [-0.15, -0.1) is 0 Å². The average molecular weight is 553 g/mol. The number of nitriles is 1. The van der Waals surface area contributed by atoms with E-state index in [4.69, 9.17) is 4.74 Å². The van der Waals surface area contributed by atoms with Crippen LogP contribution in [-0.2, 0) is 14.3 Å². The van der Waals surface area contributed by atoms with E-state index in [9.17, 15) is 24.4 Å². The molecule has 0 spiro atoms. The summed E-state index contributed by atoms with van der Waals surface area (Å²) in [4.78, 5) is 58.9. The summed E-state index contributed by atoms with van der Waals surface area (Å²) in [5.74, 6) is -0.426. The van der Waals surface area contributed by atoms with Crippen LogP contribution >= 0.6 is 0 Å². The summed E-state index contributed by atoms with van der Waals surface area (Å²) in [6.45, 7) is 8.41. The zero-order valence-electron chi connectivity index (χ0n) is 24.2. The molecule has 1 aromatic rings. The van der Waals surface area contributed by atoms with E-state index in [0.29, 0.717) is 31.5 Å². The lowest BCUT2D eigenvalue weighted by atomic mass is 10.0. The molecule has 0 saturated carbocycles. The zero-order chi connectivity index (χ0) is 29.4. The quantitative estimate of drug-likeness (QED) is 0.549. The Bertz CT molecular complexity index is 1190. The fourth-order valence-electron chi connectivity index (χ4n) is 5.96. The summed E-state index contributed by atoms with van der Waals surface area (Å²) < 4.78 is 5.41. The van der Waals surface area contributed by atoms with Crippen molar-refractivity contribution < 1.29 is 23.9 Å². The number of hydrogen-bond acceptors (Lipinski definition) is 7. The Balaban J connectivity index is 1.46. The lowest BCUT2D eigenvalue weighted by Crippen LogP contribution is -2.59. The summed E-state index contributed by atoms with van der Waals surface area (Å²) >= 11 is 0. The lowest BCUT2D eigenvalue weighted by Gasteiger charge is -2.39. The molecular formula is C29H40N6O5. The van der Waals surface area contributed by atoms with Gasteiger partial charge in [-0.25, -0.2) is 4.79 Å². The molecule has 1 aromatic carbocycles. The third-order valence-electron chi connectivity index (χ3n) is 7.87. The third-order valence-corrected chi connectivity index (χ3v) is 7.87. The monoisotopic (exact) mass is 552 g/mol. The number of nitrogens with one attached hydrogen (secondary N) is 1. The standard InChI is InChI=1S/C29H40N6O5/c1-18(19-9-11-20(12-10-19)25(36)32(5)6)35-22-14-24(27(35)38)33(16-22)17-23(31-28(39)40-29(2,3)4)26(37)34-13-7-8-21(34)15-30/h9-12,18,21-24H,7-8,13-14,16-17H2,1-6H3,(H,31,39)/t18-,21-,22+,23-,24+/m0/s1. The summed E-state index contributed by atoms with van der Waals surface area (Å²) in [5, 5.41) is 12.2. The smallest absolute Gasteiger partial charge is 0.408 e. The maximum absolute atomic E-state index is 13.5. The van der Waals surface area contributed by atoms with Crippen LogP contribution in [0.4, 0.5) is 4.79 Å². The minimum atomic E-state index is -0.941. The van der Waals surface area contributed by atoms with Crippen LogP contribution in [0.1, 0.15) is 68.9 Å². The Hall–Kier alpha value is -3.65. The number of carbonyl (C=O) groups is 4. The third kappa shape index (κ3) is 6.07. The van der Waals surface area contributed by atoms with Gasteiger partial charge < -0.3 is 24.8 Å². The van der Waals surface area contributed by atoms with Crippen molar-refractivity contribution >= 4 is 23.8 Å². The number of amides is 4. The van der Waals surface area contributed by atoms with Crippen LogP contribution in [0.15, 0.2) is 24.3 Å². The van der Waals surface area contributed by atoms with Crippen LogP contribution in [0.2, 0.25) is 0 Å². The van der Waals surface area contributed by atoms with Crippen molar-refractivity contribution in [3.63, 3.8) is 0 Å². The Labute approximate surface area is 236 Å². The van der Waals surface area contributed by atoms with Gasteiger partial charge in [0, 0.05) is 45.3 Å². The number of ether oxygens (including phenoxy) is 1. The molecule has 40 heavy (non-hydrogen) atoms. The number of rotatable bonds is 7. The van der Waals surface area contributed by atoms with Crippen LogP contribution in [0.5, 0.6) is 0 Å². The van der Waals surface area contributed by atoms with E-state index in [-0.39, 0.29) is 36.3 Å². The highest BCUT2D eigenvalue weighted by molar-refractivity contribution is 5.94. The molecule has 3 aliphatic heterocycles. The summed E-state index contributed by atoms with van der Waals surface area (Å²) in [5.41, 5.74) is 0.794. The van der Waals surface area contributed by atoms with Gasteiger partial charge in [-0.2, -0.15) is 5.26 Å². The second-order valence-electron chi connectivity index (χ2n) is 12.1. The predicted octanol–water partition coefficient (Wildman–Crippen LogP) is 2.14. The summed E-state index contributed by atoms with van der Waals surface area (Å²) in [6.07, 6.45) is 1.26. The number of nitrogens with zero attached hydrogens (tertiary/aromatic N) is 5. The van der Waals surface area contributed by atoms with Gasteiger partial charge in [-0.1, -0.05) is 12.1 Å². The van der Waals surface area contributed by atoms with Crippen LogP contribution in [-0.4, -0.2) is 107 Å². The number of fused-ring (bicyclic) bond motifs is 2. The van der Waals surface area contributed by atoms with Gasteiger partial charge >= 0.3 is 6.09 Å². The summed E-state index contributed by atoms with van der Waals surface area (Å²) in [7, 11) is 3.41. The van der Waals surface area contributed by atoms with Crippen LogP contribution in [0, 0.1) is 11.3 Å². The van der Waals surface area contributed by atoms with Gasteiger partial charge in [-0.3, -0.25) is 19.3 Å². The van der Waals surface area contributed by atoms with E-state index in [1.807, 2.05) is 28.9 Å². The molecule has 3 fully saturated rings. The Morgan fingerprint density at radius 3 is 2.45 bits per heavy atom. The van der Waals surface area contributed by atoms with Crippen molar-refractivity contribution in [2.45, 2.75) is 82.8 Å². The molecule has 2 bridgehead atoms. The molecule has 3 heterocycles. The number of benzene rings is 1. The normalized spacial score (nSPS) is 24.0. The van der Waals surface area contributed by atoms with Crippen LogP contribution < -0.4 is 5.32 Å². The second-order valence-corrected chi connectivity index (χ2v) is 12.1. The molecule has 4 rings (SSSR count). The van der Waals surface area contributed by atoms with Crippen molar-refractivity contribution in [2.24, 2.45) is 0 Å². The van der Waals surface area contributed by atoms with Crippen molar-refractivity contribution in [3.05, 3.63) is 35.4 Å². The molecule has 0 aliphatic carbocycles. The number of carbonyl (C=O) groups excluding carboxylic acids is 4. The van der Waals surface area contributed by atoms with E-state index >= 15 is 0 Å². The largest absolute Gasteiger partial charge is 0.444 e. The molecule has 216 valence electrons. The molecular weight excluding hydrogens is 512 g/mol. The molecule has 11 nitrogen and oxygen atoms in total. The van der Waals surface area contributed by atoms with Crippen molar-refractivity contribution in [1.29, 1.82) is 5.26 Å². The topological polar surface area (TPSA) is 126 Å². The molecule has 3 saturated heterocycles. The van der Waals surface area contributed by atoms with E-state index < -0.39 is 29.8 Å².